The van der Waals surface area contributed by atoms with Gasteiger partial charge in [-0.15, -0.1) is 0 Å². The van der Waals surface area contributed by atoms with E-state index >= 15 is 0 Å². The Morgan fingerprint density at radius 2 is 0.632 bits per heavy atom. The lowest BCUT2D eigenvalue weighted by Gasteiger charge is -2.21. The van der Waals surface area contributed by atoms with Crippen LogP contribution in [0, 0.1) is 0 Å². The van der Waals surface area contributed by atoms with E-state index in [1.165, 1.54) is 57.8 Å². The van der Waals surface area contributed by atoms with Crippen molar-refractivity contribution in [3.63, 3.8) is 0 Å². The molecule has 0 fully saturated rings. The van der Waals surface area contributed by atoms with Crippen LogP contribution in [0.4, 0.5) is 0 Å². The van der Waals surface area contributed by atoms with Crippen molar-refractivity contribution in [2.75, 3.05) is 39.6 Å². The van der Waals surface area contributed by atoms with Gasteiger partial charge in [-0.2, -0.15) is 0 Å². The normalized spacial score (nSPS) is 14.9. The summed E-state index contributed by atoms with van der Waals surface area (Å²) >= 11 is 0. The summed E-state index contributed by atoms with van der Waals surface area (Å²) in [4.78, 5) is 58.2. The third-order valence-corrected chi connectivity index (χ3v) is 15.6. The summed E-state index contributed by atoms with van der Waals surface area (Å²) in [5.41, 5.74) is 0. The number of phosphoric ester groups is 2. The molecule has 18 heteroatoms. The van der Waals surface area contributed by atoms with Gasteiger partial charge in [-0.3, -0.25) is 32.5 Å². The molecule has 0 aromatic heterocycles. The smallest absolute Gasteiger partial charge is 0.463 e. The van der Waals surface area contributed by atoms with Gasteiger partial charge in [0.15, 0.2) is 6.10 Å². The maximum absolute atomic E-state index is 12.8. The summed E-state index contributed by atoms with van der Waals surface area (Å²) in [6.07, 6.45) is 67.7. The predicted octanol–water partition coefficient (Wildman–Crippen LogP) is 18.3. The third kappa shape index (κ3) is 63.8. The molecule has 0 aliphatic carbocycles. The number of ether oxygens (including phenoxy) is 3. The molecule has 502 valence electrons. The number of carbonyl (C=O) groups excluding carboxylic acids is 3. The average molecular weight is 1270 g/mol. The first-order valence-electron chi connectivity index (χ1n) is 33.5. The van der Waals surface area contributed by atoms with Gasteiger partial charge in [-0.1, -0.05) is 234 Å². The molecule has 0 spiro atoms. The maximum Gasteiger partial charge on any atom is 0.472 e. The summed E-state index contributed by atoms with van der Waals surface area (Å²) in [6.45, 7) is 2.41. The second-order valence-corrected chi connectivity index (χ2v) is 25.1. The van der Waals surface area contributed by atoms with Crippen molar-refractivity contribution >= 4 is 33.6 Å². The van der Waals surface area contributed by atoms with Gasteiger partial charge in [0.2, 0.25) is 0 Å². The topological polar surface area (TPSA) is 231 Å². The lowest BCUT2D eigenvalue weighted by atomic mass is 10.0. The highest BCUT2D eigenvalue weighted by molar-refractivity contribution is 7.47. The van der Waals surface area contributed by atoms with Crippen molar-refractivity contribution in [1.29, 1.82) is 0 Å². The molecule has 5 atom stereocenters. The summed E-state index contributed by atoms with van der Waals surface area (Å²) in [7, 11) is -9.77. The van der Waals surface area contributed by atoms with Gasteiger partial charge in [-0.25, -0.2) is 9.13 Å². The second-order valence-electron chi connectivity index (χ2n) is 22.2. The van der Waals surface area contributed by atoms with E-state index in [1.54, 1.807) is 0 Å². The molecule has 0 radical (unpaired) electrons. The number of allylic oxidation sites excluding steroid dienone is 16. The number of carbonyl (C=O) groups is 3. The number of phosphoric acid groups is 2. The van der Waals surface area contributed by atoms with Gasteiger partial charge >= 0.3 is 33.6 Å². The Hall–Kier alpha value is -3.53. The average Bonchev–Trinajstić information content (AvgIpc) is 3.53. The van der Waals surface area contributed by atoms with E-state index in [2.05, 4.69) is 118 Å². The van der Waals surface area contributed by atoms with Crippen LogP contribution in [0.15, 0.2) is 97.2 Å². The van der Waals surface area contributed by atoms with E-state index < -0.39 is 91.5 Å². The highest BCUT2D eigenvalue weighted by Crippen LogP contribution is 2.45. The van der Waals surface area contributed by atoms with E-state index in [1.807, 2.05) is 0 Å². The van der Waals surface area contributed by atoms with Crippen LogP contribution >= 0.6 is 15.6 Å². The highest BCUT2D eigenvalue weighted by Gasteiger charge is 2.29. The minimum atomic E-state index is -4.92. The van der Waals surface area contributed by atoms with Gasteiger partial charge in [0, 0.05) is 19.3 Å². The van der Waals surface area contributed by atoms with Crippen LogP contribution in [0.3, 0.4) is 0 Å². The lowest BCUT2D eigenvalue weighted by molar-refractivity contribution is -0.161. The molecule has 16 nitrogen and oxygen atoms in total. The fourth-order valence-electron chi connectivity index (χ4n) is 8.61. The molecule has 0 aliphatic rings. The van der Waals surface area contributed by atoms with Gasteiger partial charge in [-0.05, 0) is 109 Å². The van der Waals surface area contributed by atoms with Gasteiger partial charge < -0.3 is 34.2 Å². The number of unbranched alkanes of at least 4 members (excludes halogenated alkanes) is 24. The fourth-order valence-corrected chi connectivity index (χ4v) is 10.2. The second kappa shape index (κ2) is 62.7. The third-order valence-electron chi connectivity index (χ3n) is 13.7. The van der Waals surface area contributed by atoms with E-state index in [4.69, 9.17) is 32.3 Å². The molecule has 0 aromatic carbocycles. The molecule has 0 saturated carbocycles. The zero-order valence-corrected chi connectivity index (χ0v) is 56.0. The molecule has 0 bridgehead atoms. The van der Waals surface area contributed by atoms with Crippen molar-refractivity contribution in [3.8, 4) is 0 Å². The first-order chi connectivity index (χ1) is 42.2. The predicted molar refractivity (Wildman–Crippen MR) is 353 cm³/mol. The van der Waals surface area contributed by atoms with Gasteiger partial charge in [0.25, 0.3) is 0 Å². The van der Waals surface area contributed by atoms with E-state index in [0.717, 1.165) is 148 Å². The van der Waals surface area contributed by atoms with Gasteiger partial charge in [0.1, 0.15) is 25.4 Å². The zero-order valence-electron chi connectivity index (χ0n) is 54.2. The van der Waals surface area contributed by atoms with E-state index in [0.29, 0.717) is 19.3 Å². The van der Waals surface area contributed by atoms with Crippen LogP contribution in [0.1, 0.15) is 265 Å². The molecule has 0 rings (SSSR count). The Balaban J connectivity index is 4.44. The van der Waals surface area contributed by atoms with Crippen LogP contribution in [0.2, 0.25) is 0 Å². The van der Waals surface area contributed by atoms with E-state index in [9.17, 15) is 43.5 Å². The molecule has 0 saturated heterocycles. The van der Waals surface area contributed by atoms with Crippen LogP contribution in [-0.2, 0) is 55.8 Å². The molecular weight excluding hydrogens is 1150 g/mol. The van der Waals surface area contributed by atoms with Crippen molar-refractivity contribution in [3.05, 3.63) is 97.2 Å². The molecular formula is C69H120O16P2. The molecule has 87 heavy (non-hydrogen) atoms. The summed E-state index contributed by atoms with van der Waals surface area (Å²) in [6, 6.07) is 0. The minimum Gasteiger partial charge on any atom is -0.463 e. The van der Waals surface area contributed by atoms with Crippen molar-refractivity contribution < 1.29 is 75.8 Å². The number of aliphatic hydroxyl groups excluding tert-OH is 2. The van der Waals surface area contributed by atoms with Crippen LogP contribution in [0.25, 0.3) is 0 Å². The number of hydrogen-bond acceptors (Lipinski definition) is 14. The molecule has 0 aromatic rings. The maximum atomic E-state index is 12.8. The Morgan fingerprint density at radius 3 is 1.02 bits per heavy atom. The standard InChI is InChI=1S/C69H120O16P2/c1-4-7-10-13-16-19-22-24-25-26-27-28-29-30-31-32-33-34-35-36-37-39-42-43-46-49-52-55-67(72)79-58-64(70)59-81-86(75,76)82-60-65(71)61-83-87(77,78)84-63-66(85-69(74)57-54-51-48-45-40-21-18-15-12-9-6-3)62-80-68(73)56-53-50-47-44-41-38-23-20-17-14-11-8-5-2/h7,10-11,14-16,18-20,23-25,27-28,30-31,64-66,70-71H,4-6,8-9,12-13,17,21-22,26,29,32-63H2,1-3H3,(H,75,76)(H,77,78)/b10-7-,14-11-,18-15-,19-16-,23-20-,25-24-,28-27-,31-30-. The first kappa shape index (κ1) is 83.5. The largest absolute Gasteiger partial charge is 0.472 e. The molecule has 0 amide bonds. The molecule has 4 N–H and O–H groups in total. The SMILES string of the molecule is CC/C=C\C/C=C\C/C=C\C/C=C\C/C=C\CCCCCCCCCCCCCC(=O)OCC(O)COP(=O)(O)OCC(O)COP(=O)(O)OCC(COC(=O)CCCCCCC/C=C\C/C=C\CCC)OC(=O)CCCCCCC/C=C\CCCC. The number of rotatable bonds is 63. The first-order valence-corrected chi connectivity index (χ1v) is 36.5. The zero-order chi connectivity index (χ0) is 63.8. The van der Waals surface area contributed by atoms with E-state index in [-0.39, 0.29) is 19.3 Å². The summed E-state index contributed by atoms with van der Waals surface area (Å²) in [5, 5.41) is 20.5. The van der Waals surface area contributed by atoms with Crippen molar-refractivity contribution in [1.82, 2.24) is 0 Å². The Bertz CT molecular complexity index is 1980. The Morgan fingerprint density at radius 1 is 0.333 bits per heavy atom. The van der Waals surface area contributed by atoms with Crippen LogP contribution in [-0.4, -0.2) is 95.9 Å². The van der Waals surface area contributed by atoms with Crippen LogP contribution < -0.4 is 0 Å². The number of esters is 3. The van der Waals surface area contributed by atoms with Crippen molar-refractivity contribution in [2.24, 2.45) is 0 Å². The quantitative estimate of drug-likeness (QED) is 0.0146. The minimum absolute atomic E-state index is 0.0912. The summed E-state index contributed by atoms with van der Waals surface area (Å²) < 4.78 is 60.7. The highest BCUT2D eigenvalue weighted by atomic mass is 31.2. The monoisotopic (exact) mass is 1270 g/mol. The van der Waals surface area contributed by atoms with Gasteiger partial charge in [0.05, 0.1) is 26.4 Å². The lowest BCUT2D eigenvalue weighted by Crippen LogP contribution is -2.30. The molecule has 0 aliphatic heterocycles. The number of hydrogen-bond donors (Lipinski definition) is 4. The number of aliphatic hydroxyl groups is 2. The van der Waals surface area contributed by atoms with Crippen LogP contribution in [0.5, 0.6) is 0 Å². The fraction of sp³-hybridized carbons (Fsp3) is 0.725. The molecule has 5 unspecified atom stereocenters. The summed E-state index contributed by atoms with van der Waals surface area (Å²) in [5.74, 6) is -1.60. The Kier molecular flexibility index (Phi) is 60.1. The molecule has 0 heterocycles. The Labute approximate surface area is 527 Å². The van der Waals surface area contributed by atoms with Crippen molar-refractivity contribution in [2.45, 2.75) is 283 Å².